The number of aromatic hydroxyl groups is 1. The van der Waals surface area contributed by atoms with Crippen molar-refractivity contribution in [1.29, 1.82) is 0 Å². The van der Waals surface area contributed by atoms with Crippen LogP contribution in [0.2, 0.25) is 0 Å². The molecule has 44 heavy (non-hydrogen) atoms. The summed E-state index contributed by atoms with van der Waals surface area (Å²) in [6, 6.07) is 7.81. The van der Waals surface area contributed by atoms with Crippen molar-refractivity contribution in [2.75, 3.05) is 0 Å². The molecule has 1 aromatic carbocycles. The van der Waals surface area contributed by atoms with Gasteiger partial charge in [-0.2, -0.15) is 0 Å². The van der Waals surface area contributed by atoms with Gasteiger partial charge in [0.05, 0.1) is 5.41 Å². The van der Waals surface area contributed by atoms with Crippen LogP contribution in [0.1, 0.15) is 118 Å². The zero-order valence-corrected chi connectivity index (χ0v) is 28.7. The fourth-order valence-corrected chi connectivity index (χ4v) is 11.3. The predicted molar refractivity (Wildman–Crippen MR) is 187 cm³/mol. The van der Waals surface area contributed by atoms with E-state index in [0.29, 0.717) is 46.2 Å². The van der Waals surface area contributed by atoms with Crippen molar-refractivity contribution < 1.29 is 15.0 Å². The number of fused-ring (bicyclic) bond motifs is 7. The number of allylic oxidation sites excluding steroid dienone is 3. The lowest BCUT2D eigenvalue weighted by Gasteiger charge is -2.68. The monoisotopic (exact) mass is 600 g/mol. The lowest BCUT2D eigenvalue weighted by molar-refractivity contribution is -0.187. The Kier molecular flexibility index (Phi) is 12.6. The second-order valence-electron chi connectivity index (χ2n) is 14.5. The van der Waals surface area contributed by atoms with E-state index in [0.717, 1.165) is 38.5 Å². The minimum atomic E-state index is -0.498. The lowest BCUT2D eigenvalue weighted by atomic mass is 9.36. The number of phenols is 1. The molecule has 5 aliphatic carbocycles. The number of phenolic OH excluding ortho intramolecular Hbond substituents is 1. The van der Waals surface area contributed by atoms with Gasteiger partial charge in [-0.05, 0) is 134 Å². The molecule has 0 saturated heterocycles. The number of carboxylic acids is 1. The van der Waals surface area contributed by atoms with Crippen LogP contribution in [0.4, 0.5) is 0 Å². The van der Waals surface area contributed by atoms with Crippen molar-refractivity contribution in [2.45, 2.75) is 113 Å². The zero-order valence-electron chi connectivity index (χ0n) is 28.7. The first kappa shape index (κ1) is 37.3. The fourth-order valence-electron chi connectivity index (χ4n) is 11.3. The summed E-state index contributed by atoms with van der Waals surface area (Å²) in [5, 5.41) is 20.1. The van der Waals surface area contributed by atoms with Crippen molar-refractivity contribution in [3.05, 3.63) is 48.6 Å². The summed E-state index contributed by atoms with van der Waals surface area (Å²) in [5.74, 6) is 2.91. The molecule has 0 amide bonds. The largest absolute Gasteiger partial charge is 0.508 e. The Morgan fingerprint density at radius 3 is 2.00 bits per heavy atom. The molecule has 3 heteroatoms. The van der Waals surface area contributed by atoms with Crippen LogP contribution in [0, 0.1) is 76.9 Å². The first-order chi connectivity index (χ1) is 21.0. The molecule has 5 aliphatic rings. The minimum absolute atomic E-state index is 0.0959. The molecule has 4 fully saturated rings. The Hall–Kier alpha value is -2.91. The lowest BCUT2D eigenvalue weighted by Crippen LogP contribution is -2.61. The highest BCUT2D eigenvalue weighted by molar-refractivity contribution is 5.76. The Morgan fingerprint density at radius 1 is 0.841 bits per heavy atom. The molecular formula is C41H60O3. The summed E-state index contributed by atoms with van der Waals surface area (Å²) in [6.45, 7) is 19.4. The molecule has 0 aromatic heterocycles. The SMILES string of the molecule is C#C.C#C.C=CC.CC.CC1(C)C(c2ccc(O)cc2)=CC[C@@]2(C)C1CC[C@@]1(C)C3CC[C@@]4(C(=O)O)CCCC4[C@H]3CCC12. The third-order valence-corrected chi connectivity index (χ3v) is 12.7. The Morgan fingerprint density at radius 2 is 1.43 bits per heavy atom. The van der Waals surface area contributed by atoms with Crippen molar-refractivity contribution >= 4 is 11.5 Å². The van der Waals surface area contributed by atoms with Crippen LogP contribution < -0.4 is 0 Å². The molecule has 242 valence electrons. The van der Waals surface area contributed by atoms with Gasteiger partial charge in [0.25, 0.3) is 0 Å². The third-order valence-electron chi connectivity index (χ3n) is 12.7. The minimum Gasteiger partial charge on any atom is -0.508 e. The van der Waals surface area contributed by atoms with Crippen LogP contribution in [-0.2, 0) is 4.79 Å². The van der Waals surface area contributed by atoms with Crippen LogP contribution in [0.15, 0.2) is 43.0 Å². The quantitative estimate of drug-likeness (QED) is 0.262. The summed E-state index contributed by atoms with van der Waals surface area (Å²) in [4.78, 5) is 12.5. The molecule has 0 radical (unpaired) electrons. The predicted octanol–water partition coefficient (Wildman–Crippen LogP) is 10.7. The summed E-state index contributed by atoms with van der Waals surface area (Å²) in [7, 11) is 0. The van der Waals surface area contributed by atoms with Gasteiger partial charge in [0.2, 0.25) is 0 Å². The maximum Gasteiger partial charge on any atom is 0.309 e. The average molecular weight is 601 g/mol. The second-order valence-corrected chi connectivity index (χ2v) is 14.5. The molecule has 3 nitrogen and oxygen atoms in total. The Balaban J connectivity index is 0.000000685. The first-order valence-electron chi connectivity index (χ1n) is 16.9. The number of benzene rings is 1. The van der Waals surface area contributed by atoms with E-state index in [1.165, 1.54) is 36.8 Å². The number of hydrogen-bond acceptors (Lipinski definition) is 2. The highest BCUT2D eigenvalue weighted by Gasteiger charge is 2.66. The molecule has 8 atom stereocenters. The third kappa shape index (κ3) is 6.02. The Labute approximate surface area is 270 Å². The molecule has 4 saturated carbocycles. The number of carboxylic acid groups (broad SMARTS) is 1. The van der Waals surface area contributed by atoms with Gasteiger partial charge < -0.3 is 10.2 Å². The van der Waals surface area contributed by atoms with Gasteiger partial charge in [-0.1, -0.05) is 72.2 Å². The topological polar surface area (TPSA) is 57.5 Å². The summed E-state index contributed by atoms with van der Waals surface area (Å²) < 4.78 is 0. The zero-order chi connectivity index (χ0) is 33.5. The normalized spacial score (nSPS) is 37.1. The Bertz CT molecular complexity index is 1180. The molecule has 1 aromatic rings. The molecule has 4 unspecified atom stereocenters. The molecule has 0 aliphatic heterocycles. The van der Waals surface area contributed by atoms with Gasteiger partial charge in [-0.3, -0.25) is 4.79 Å². The van der Waals surface area contributed by atoms with E-state index in [2.05, 4.69) is 78.2 Å². The van der Waals surface area contributed by atoms with E-state index >= 15 is 0 Å². The molecule has 6 rings (SSSR count). The van der Waals surface area contributed by atoms with E-state index in [-0.39, 0.29) is 5.41 Å². The smallest absolute Gasteiger partial charge is 0.309 e. The van der Waals surface area contributed by atoms with Gasteiger partial charge in [0, 0.05) is 0 Å². The van der Waals surface area contributed by atoms with Crippen LogP contribution in [0.25, 0.3) is 5.57 Å². The number of hydrogen-bond donors (Lipinski definition) is 2. The van der Waals surface area contributed by atoms with Crippen molar-refractivity contribution in [3.63, 3.8) is 0 Å². The van der Waals surface area contributed by atoms with E-state index < -0.39 is 11.4 Å². The number of terminal acetylenes is 2. The molecule has 2 N–H and O–H groups in total. The fraction of sp³-hybridized carbons (Fsp3) is 0.634. The molecule has 0 heterocycles. The van der Waals surface area contributed by atoms with Crippen LogP contribution in [0.3, 0.4) is 0 Å². The van der Waals surface area contributed by atoms with E-state index in [1.807, 2.05) is 32.9 Å². The maximum atomic E-state index is 12.5. The van der Waals surface area contributed by atoms with Crippen LogP contribution in [0.5, 0.6) is 5.75 Å². The highest BCUT2D eigenvalue weighted by atomic mass is 16.4. The molecular weight excluding hydrogens is 540 g/mol. The molecule has 0 bridgehead atoms. The average Bonchev–Trinajstić information content (AvgIpc) is 3.47. The standard InChI is InChI=1S/C32H44O3.C3H6.C2H6.2C2H2/c1-29(2)23(20-7-9-21(33)10-8-20)13-17-31(4)26(29)15-18-30(3)24-14-19-32(28(34)35)16-5-6-25(32)22(24)11-12-27(30)31;1-3-2;3*1-2/h7-10,13,22,24-27,33H,5-6,11-12,14-19H2,1-4H3,(H,34,35);3H,1H2,2H3;1-2H3;2*1-2H/t22-,24?,25?,26?,27?,30-,31-,32-;;;;/m0..../s1. The van der Waals surface area contributed by atoms with E-state index in [1.54, 1.807) is 6.08 Å². The number of carbonyl (C=O) groups is 1. The van der Waals surface area contributed by atoms with Gasteiger partial charge in [0.1, 0.15) is 5.75 Å². The second kappa shape index (κ2) is 14.9. The highest BCUT2D eigenvalue weighted by Crippen LogP contribution is 2.73. The van der Waals surface area contributed by atoms with E-state index in [4.69, 9.17) is 0 Å². The van der Waals surface area contributed by atoms with Crippen molar-refractivity contribution in [3.8, 4) is 31.4 Å². The van der Waals surface area contributed by atoms with Crippen molar-refractivity contribution in [2.24, 2.45) is 51.2 Å². The summed E-state index contributed by atoms with van der Waals surface area (Å²) in [6.07, 6.45) is 31.7. The van der Waals surface area contributed by atoms with Gasteiger partial charge >= 0.3 is 5.97 Å². The van der Waals surface area contributed by atoms with Crippen LogP contribution in [-0.4, -0.2) is 16.2 Å². The van der Waals surface area contributed by atoms with Gasteiger partial charge in [0.15, 0.2) is 0 Å². The van der Waals surface area contributed by atoms with Crippen LogP contribution >= 0.6 is 0 Å². The van der Waals surface area contributed by atoms with Gasteiger partial charge in [-0.25, -0.2) is 0 Å². The maximum absolute atomic E-state index is 12.5. The van der Waals surface area contributed by atoms with Crippen molar-refractivity contribution in [1.82, 2.24) is 0 Å². The number of aliphatic carboxylic acids is 1. The first-order valence-corrected chi connectivity index (χ1v) is 16.9. The molecule has 0 spiro atoms. The number of rotatable bonds is 2. The van der Waals surface area contributed by atoms with Gasteiger partial charge in [-0.15, -0.1) is 32.3 Å². The van der Waals surface area contributed by atoms with E-state index in [9.17, 15) is 15.0 Å². The summed E-state index contributed by atoms with van der Waals surface area (Å²) in [5.41, 5.74) is 3.01. The summed E-state index contributed by atoms with van der Waals surface area (Å²) >= 11 is 0.